The molecule has 1 aromatic rings. The van der Waals surface area contributed by atoms with Crippen LogP contribution in [0.4, 0.5) is 0 Å². The summed E-state index contributed by atoms with van der Waals surface area (Å²) < 4.78 is 0. The van der Waals surface area contributed by atoms with E-state index in [-0.39, 0.29) is 0 Å². The predicted octanol–water partition coefficient (Wildman–Crippen LogP) is 3.02. The summed E-state index contributed by atoms with van der Waals surface area (Å²) in [5, 5.41) is 4.30. The van der Waals surface area contributed by atoms with E-state index < -0.39 is 0 Å². The summed E-state index contributed by atoms with van der Waals surface area (Å²) in [6, 6.07) is 9.59. The maximum Gasteiger partial charge on any atom is 0.0223 e. The van der Waals surface area contributed by atoms with Crippen LogP contribution >= 0.6 is 11.8 Å². The van der Waals surface area contributed by atoms with Crippen molar-refractivity contribution in [1.29, 1.82) is 0 Å². The smallest absolute Gasteiger partial charge is 0.0223 e. The molecule has 88 valence electrons. The lowest BCUT2D eigenvalue weighted by Gasteiger charge is -2.22. The second-order valence-electron chi connectivity index (χ2n) is 4.64. The second kappa shape index (κ2) is 5.74. The molecule has 1 fully saturated rings. The molecule has 2 rings (SSSR count). The number of nitrogens with one attached hydrogen (secondary N) is 1. The van der Waals surface area contributed by atoms with Gasteiger partial charge in [-0.05, 0) is 44.6 Å². The first-order valence-electron chi connectivity index (χ1n) is 6.14. The summed E-state index contributed by atoms with van der Waals surface area (Å²) in [5.74, 6) is 1.34. The van der Waals surface area contributed by atoms with Gasteiger partial charge in [-0.25, -0.2) is 0 Å². The lowest BCUT2D eigenvalue weighted by atomic mass is 10.0. The van der Waals surface area contributed by atoms with Crippen LogP contribution in [0.15, 0.2) is 24.3 Å². The number of aryl methyl sites for hydroxylation is 1. The van der Waals surface area contributed by atoms with Gasteiger partial charge >= 0.3 is 0 Å². The SMILES string of the molecule is CNC(Cc1ccc(C)cc1)C1CCCS1. The van der Waals surface area contributed by atoms with Crippen molar-refractivity contribution in [2.24, 2.45) is 0 Å². The standard InChI is InChI=1S/C14H21NS/c1-11-5-7-12(8-6-11)10-13(15-2)14-4-3-9-16-14/h5-8,13-15H,3-4,9-10H2,1-2H3. The van der Waals surface area contributed by atoms with Crippen LogP contribution in [-0.4, -0.2) is 24.1 Å². The van der Waals surface area contributed by atoms with Crippen LogP contribution in [0, 0.1) is 6.92 Å². The maximum absolute atomic E-state index is 3.49. The summed E-state index contributed by atoms with van der Waals surface area (Å²) in [5.41, 5.74) is 2.80. The minimum atomic E-state index is 0.634. The van der Waals surface area contributed by atoms with E-state index in [9.17, 15) is 0 Å². The Morgan fingerprint density at radius 2 is 2.12 bits per heavy atom. The van der Waals surface area contributed by atoms with Crippen molar-refractivity contribution in [2.45, 2.75) is 37.5 Å². The quantitative estimate of drug-likeness (QED) is 0.861. The topological polar surface area (TPSA) is 12.0 Å². The van der Waals surface area contributed by atoms with Gasteiger partial charge in [-0.3, -0.25) is 0 Å². The van der Waals surface area contributed by atoms with Gasteiger partial charge in [-0.2, -0.15) is 11.8 Å². The molecule has 16 heavy (non-hydrogen) atoms. The first-order chi connectivity index (χ1) is 7.79. The number of likely N-dealkylation sites (N-methyl/N-ethyl adjacent to an activating group) is 1. The Labute approximate surface area is 103 Å². The van der Waals surface area contributed by atoms with Crippen LogP contribution in [0.5, 0.6) is 0 Å². The Morgan fingerprint density at radius 3 is 2.69 bits per heavy atom. The van der Waals surface area contributed by atoms with E-state index in [0.29, 0.717) is 6.04 Å². The highest BCUT2D eigenvalue weighted by Crippen LogP contribution is 2.30. The summed E-state index contributed by atoms with van der Waals surface area (Å²) >= 11 is 2.13. The molecule has 1 aliphatic rings. The second-order valence-corrected chi connectivity index (χ2v) is 5.98. The predicted molar refractivity (Wildman–Crippen MR) is 73.2 cm³/mol. The highest BCUT2D eigenvalue weighted by Gasteiger charge is 2.24. The lowest BCUT2D eigenvalue weighted by Crippen LogP contribution is -2.36. The van der Waals surface area contributed by atoms with E-state index in [0.717, 1.165) is 11.7 Å². The number of thioether (sulfide) groups is 1. The van der Waals surface area contributed by atoms with E-state index in [1.807, 2.05) is 0 Å². The fraction of sp³-hybridized carbons (Fsp3) is 0.571. The van der Waals surface area contributed by atoms with Gasteiger partial charge in [0, 0.05) is 11.3 Å². The molecule has 2 atom stereocenters. The molecular weight excluding hydrogens is 214 g/mol. The molecule has 1 aliphatic heterocycles. The van der Waals surface area contributed by atoms with Crippen molar-refractivity contribution in [2.75, 3.05) is 12.8 Å². The Kier molecular flexibility index (Phi) is 4.30. The molecular formula is C14H21NS. The van der Waals surface area contributed by atoms with Gasteiger partial charge in [0.05, 0.1) is 0 Å². The van der Waals surface area contributed by atoms with Gasteiger partial charge in [0.2, 0.25) is 0 Å². The van der Waals surface area contributed by atoms with Gasteiger partial charge < -0.3 is 5.32 Å². The number of rotatable bonds is 4. The Morgan fingerprint density at radius 1 is 1.38 bits per heavy atom. The van der Waals surface area contributed by atoms with Crippen LogP contribution < -0.4 is 5.32 Å². The monoisotopic (exact) mass is 235 g/mol. The molecule has 2 heteroatoms. The maximum atomic E-state index is 3.49. The van der Waals surface area contributed by atoms with E-state index in [2.05, 4.69) is 55.3 Å². The summed E-state index contributed by atoms with van der Waals surface area (Å²) in [4.78, 5) is 0. The zero-order chi connectivity index (χ0) is 11.4. The largest absolute Gasteiger partial charge is 0.316 e. The lowest BCUT2D eigenvalue weighted by molar-refractivity contribution is 0.524. The molecule has 1 saturated heterocycles. The van der Waals surface area contributed by atoms with E-state index in [1.165, 1.54) is 29.7 Å². The molecule has 0 bridgehead atoms. The van der Waals surface area contributed by atoms with Gasteiger partial charge in [0.1, 0.15) is 0 Å². The molecule has 0 aromatic heterocycles. The molecule has 0 saturated carbocycles. The van der Waals surface area contributed by atoms with Gasteiger partial charge in [-0.15, -0.1) is 0 Å². The molecule has 1 nitrogen and oxygen atoms in total. The van der Waals surface area contributed by atoms with Crippen molar-refractivity contribution >= 4 is 11.8 Å². The van der Waals surface area contributed by atoms with Gasteiger partial charge in [-0.1, -0.05) is 29.8 Å². The zero-order valence-electron chi connectivity index (χ0n) is 10.2. The van der Waals surface area contributed by atoms with Crippen molar-refractivity contribution in [1.82, 2.24) is 5.32 Å². The molecule has 0 amide bonds. The molecule has 0 spiro atoms. The van der Waals surface area contributed by atoms with E-state index >= 15 is 0 Å². The number of hydrogen-bond acceptors (Lipinski definition) is 2. The van der Waals surface area contributed by atoms with Crippen LogP contribution in [0.25, 0.3) is 0 Å². The van der Waals surface area contributed by atoms with Crippen LogP contribution in [0.1, 0.15) is 24.0 Å². The third kappa shape index (κ3) is 3.02. The molecule has 0 radical (unpaired) electrons. The summed E-state index contributed by atoms with van der Waals surface area (Å²) in [6.45, 7) is 2.14. The fourth-order valence-electron chi connectivity index (χ4n) is 2.32. The summed E-state index contributed by atoms with van der Waals surface area (Å²) in [6.07, 6.45) is 3.93. The van der Waals surface area contributed by atoms with Gasteiger partial charge in [0.25, 0.3) is 0 Å². The van der Waals surface area contributed by atoms with Crippen LogP contribution in [-0.2, 0) is 6.42 Å². The highest BCUT2D eigenvalue weighted by molar-refractivity contribution is 8.00. The van der Waals surface area contributed by atoms with Crippen molar-refractivity contribution in [3.8, 4) is 0 Å². The normalized spacial score (nSPS) is 22.2. The Balaban J connectivity index is 1.97. The minimum absolute atomic E-state index is 0.634. The third-order valence-electron chi connectivity index (χ3n) is 3.36. The number of benzene rings is 1. The molecule has 2 unspecified atom stereocenters. The Hall–Kier alpha value is -0.470. The van der Waals surface area contributed by atoms with Crippen molar-refractivity contribution in [3.05, 3.63) is 35.4 Å². The molecule has 1 heterocycles. The molecule has 1 aromatic carbocycles. The number of hydrogen-bond donors (Lipinski definition) is 1. The average Bonchev–Trinajstić information content (AvgIpc) is 2.82. The minimum Gasteiger partial charge on any atom is -0.316 e. The zero-order valence-corrected chi connectivity index (χ0v) is 11.0. The summed E-state index contributed by atoms with van der Waals surface area (Å²) in [7, 11) is 2.09. The van der Waals surface area contributed by atoms with Gasteiger partial charge in [0.15, 0.2) is 0 Å². The van der Waals surface area contributed by atoms with Crippen LogP contribution in [0.3, 0.4) is 0 Å². The first-order valence-corrected chi connectivity index (χ1v) is 7.19. The first kappa shape index (κ1) is 12.0. The van der Waals surface area contributed by atoms with Crippen molar-refractivity contribution in [3.63, 3.8) is 0 Å². The van der Waals surface area contributed by atoms with Crippen molar-refractivity contribution < 1.29 is 0 Å². The van der Waals surface area contributed by atoms with Crippen LogP contribution in [0.2, 0.25) is 0 Å². The third-order valence-corrected chi connectivity index (χ3v) is 4.88. The molecule has 0 aliphatic carbocycles. The van der Waals surface area contributed by atoms with E-state index in [4.69, 9.17) is 0 Å². The highest BCUT2D eigenvalue weighted by atomic mass is 32.2. The molecule has 1 N–H and O–H groups in total. The average molecular weight is 235 g/mol. The Bertz CT molecular complexity index is 314. The fourth-order valence-corrected chi connectivity index (χ4v) is 3.75. The van der Waals surface area contributed by atoms with E-state index in [1.54, 1.807) is 0 Å².